The predicted octanol–water partition coefficient (Wildman–Crippen LogP) is 4.85. The monoisotopic (exact) mass is 455 g/mol. The summed E-state index contributed by atoms with van der Waals surface area (Å²) in [5, 5.41) is 11.1. The van der Waals surface area contributed by atoms with Crippen molar-refractivity contribution in [1.29, 1.82) is 0 Å². The number of halogens is 1. The number of hydrogen-bond acceptors (Lipinski definition) is 5. The lowest BCUT2D eigenvalue weighted by molar-refractivity contribution is -0.140. The maximum Gasteiger partial charge on any atom is 0.295 e. The van der Waals surface area contributed by atoms with Crippen LogP contribution in [0.15, 0.2) is 54.1 Å². The number of hydrogen-bond donors (Lipinski definition) is 1. The summed E-state index contributed by atoms with van der Waals surface area (Å²) >= 11 is 0. The number of aliphatic hydroxyl groups is 1. The van der Waals surface area contributed by atoms with Crippen LogP contribution in [0.3, 0.4) is 0 Å². The van der Waals surface area contributed by atoms with Gasteiger partial charge in [0, 0.05) is 24.3 Å². The van der Waals surface area contributed by atoms with Gasteiger partial charge in [0.05, 0.1) is 24.3 Å². The first-order valence-corrected chi connectivity index (χ1v) is 11.2. The van der Waals surface area contributed by atoms with Crippen LogP contribution in [0.5, 0.6) is 5.75 Å². The molecule has 1 heterocycles. The normalized spacial score (nSPS) is 17.7. The van der Waals surface area contributed by atoms with E-state index in [-0.39, 0.29) is 29.5 Å². The Balaban J connectivity index is 2.03. The molecule has 2 aromatic carbocycles. The van der Waals surface area contributed by atoms with Crippen molar-refractivity contribution >= 4 is 17.4 Å². The Morgan fingerprint density at radius 3 is 2.58 bits per heavy atom. The number of ketones is 1. The van der Waals surface area contributed by atoms with Gasteiger partial charge in [0.15, 0.2) is 0 Å². The minimum Gasteiger partial charge on any atom is -0.507 e. The molecule has 0 spiro atoms. The fraction of sp³-hybridized carbons (Fsp3) is 0.385. The fourth-order valence-corrected chi connectivity index (χ4v) is 3.79. The first kappa shape index (κ1) is 24.5. The molecule has 33 heavy (non-hydrogen) atoms. The zero-order valence-corrected chi connectivity index (χ0v) is 19.2. The zero-order valence-electron chi connectivity index (χ0n) is 19.2. The van der Waals surface area contributed by atoms with Gasteiger partial charge in [-0.2, -0.15) is 0 Å². The topological polar surface area (TPSA) is 76.1 Å². The third-order valence-corrected chi connectivity index (χ3v) is 5.31. The van der Waals surface area contributed by atoms with Crippen molar-refractivity contribution in [3.8, 4) is 5.75 Å². The SMILES string of the molecule is CCCOc1cccc(/C(O)=C2/C(=O)C(=O)N(CCCOC(C)C)C2c2ccccc2F)c1. The molecule has 7 heteroatoms. The lowest BCUT2D eigenvalue weighted by Gasteiger charge is -2.25. The van der Waals surface area contributed by atoms with Crippen molar-refractivity contribution in [3.05, 3.63) is 71.0 Å². The molecular weight excluding hydrogens is 425 g/mol. The summed E-state index contributed by atoms with van der Waals surface area (Å²) in [6.07, 6.45) is 1.32. The minimum absolute atomic E-state index is 0.0324. The van der Waals surface area contributed by atoms with Gasteiger partial charge in [-0.05, 0) is 44.9 Å². The average molecular weight is 456 g/mol. The second-order valence-corrected chi connectivity index (χ2v) is 8.16. The molecule has 1 saturated heterocycles. The molecule has 1 amide bonds. The molecule has 1 fully saturated rings. The van der Waals surface area contributed by atoms with Gasteiger partial charge in [-0.25, -0.2) is 4.39 Å². The maximum absolute atomic E-state index is 14.8. The largest absolute Gasteiger partial charge is 0.507 e. The van der Waals surface area contributed by atoms with Crippen LogP contribution in [-0.2, 0) is 14.3 Å². The first-order chi connectivity index (χ1) is 15.8. The molecule has 6 nitrogen and oxygen atoms in total. The molecule has 176 valence electrons. The Bertz CT molecular complexity index is 1030. The van der Waals surface area contributed by atoms with Crippen LogP contribution in [0, 0.1) is 5.82 Å². The van der Waals surface area contributed by atoms with Gasteiger partial charge in [0.1, 0.15) is 17.3 Å². The highest BCUT2D eigenvalue weighted by Crippen LogP contribution is 2.40. The molecule has 1 unspecified atom stereocenters. The molecule has 0 bridgehead atoms. The number of likely N-dealkylation sites (tertiary alicyclic amines) is 1. The molecule has 0 aromatic heterocycles. The van der Waals surface area contributed by atoms with Crippen molar-refractivity contribution in [2.75, 3.05) is 19.8 Å². The van der Waals surface area contributed by atoms with Gasteiger partial charge in [-0.15, -0.1) is 0 Å². The third kappa shape index (κ3) is 5.60. The number of carbonyl (C=O) groups is 2. The molecule has 0 aliphatic carbocycles. The van der Waals surface area contributed by atoms with Gasteiger partial charge in [0.2, 0.25) is 0 Å². The molecule has 3 rings (SSSR count). The summed E-state index contributed by atoms with van der Waals surface area (Å²) < 4.78 is 26.0. The summed E-state index contributed by atoms with van der Waals surface area (Å²) in [6, 6.07) is 11.6. The van der Waals surface area contributed by atoms with E-state index < -0.39 is 23.5 Å². The molecule has 1 N–H and O–H groups in total. The van der Waals surface area contributed by atoms with E-state index in [9.17, 15) is 19.1 Å². The number of amides is 1. The van der Waals surface area contributed by atoms with Crippen LogP contribution in [-0.4, -0.2) is 47.6 Å². The van der Waals surface area contributed by atoms with E-state index in [0.29, 0.717) is 30.9 Å². The number of nitrogens with zero attached hydrogens (tertiary/aromatic N) is 1. The first-order valence-electron chi connectivity index (χ1n) is 11.2. The van der Waals surface area contributed by atoms with E-state index in [1.165, 1.54) is 23.1 Å². The van der Waals surface area contributed by atoms with Gasteiger partial charge in [-0.1, -0.05) is 37.3 Å². The quantitative estimate of drug-likeness (QED) is 0.240. The van der Waals surface area contributed by atoms with E-state index in [4.69, 9.17) is 9.47 Å². The third-order valence-electron chi connectivity index (χ3n) is 5.31. The Morgan fingerprint density at radius 1 is 1.12 bits per heavy atom. The van der Waals surface area contributed by atoms with Gasteiger partial charge in [-0.3, -0.25) is 9.59 Å². The summed E-state index contributed by atoms with van der Waals surface area (Å²) in [5.74, 6) is -2.00. The summed E-state index contributed by atoms with van der Waals surface area (Å²) in [5.41, 5.74) is 0.343. The standard InChI is InChI=1S/C26H30FNO5/c1-4-14-33-19-10-7-9-18(16-19)24(29)22-23(20-11-5-6-12-21(20)27)28(26(31)25(22)30)13-8-15-32-17(2)3/h5-7,9-12,16-17,23,29H,4,8,13-15H2,1-3H3/b24-22-. The number of carbonyl (C=O) groups excluding carboxylic acids is 2. The van der Waals surface area contributed by atoms with Crippen molar-refractivity contribution in [1.82, 2.24) is 4.90 Å². The van der Waals surface area contributed by atoms with Crippen LogP contribution in [0.2, 0.25) is 0 Å². The Labute approximate surface area is 193 Å². The molecule has 2 aromatic rings. The van der Waals surface area contributed by atoms with E-state index in [1.54, 1.807) is 30.3 Å². The Morgan fingerprint density at radius 2 is 1.88 bits per heavy atom. The van der Waals surface area contributed by atoms with Crippen molar-refractivity contribution in [2.45, 2.75) is 45.8 Å². The lowest BCUT2D eigenvalue weighted by Crippen LogP contribution is -2.31. The van der Waals surface area contributed by atoms with Gasteiger partial charge in [0.25, 0.3) is 11.7 Å². The second kappa shape index (κ2) is 11.1. The van der Waals surface area contributed by atoms with Crippen LogP contribution >= 0.6 is 0 Å². The minimum atomic E-state index is -1.04. The van der Waals surface area contributed by atoms with E-state index in [2.05, 4.69) is 0 Å². The summed E-state index contributed by atoms with van der Waals surface area (Å²) in [7, 11) is 0. The van der Waals surface area contributed by atoms with E-state index in [0.717, 1.165) is 6.42 Å². The Hall–Kier alpha value is -3.19. The summed E-state index contributed by atoms with van der Waals surface area (Å²) in [6.45, 7) is 6.87. The second-order valence-electron chi connectivity index (χ2n) is 8.16. The highest BCUT2D eigenvalue weighted by atomic mass is 19.1. The number of aliphatic hydroxyl groups excluding tert-OH is 1. The van der Waals surface area contributed by atoms with Crippen LogP contribution in [0.1, 0.15) is 50.8 Å². The predicted molar refractivity (Wildman–Crippen MR) is 123 cm³/mol. The fourth-order valence-electron chi connectivity index (χ4n) is 3.79. The number of rotatable bonds is 10. The zero-order chi connectivity index (χ0) is 24.0. The lowest BCUT2D eigenvalue weighted by atomic mass is 9.95. The number of ether oxygens (including phenoxy) is 2. The highest BCUT2D eigenvalue weighted by Gasteiger charge is 2.46. The smallest absolute Gasteiger partial charge is 0.295 e. The maximum atomic E-state index is 14.8. The molecule has 1 aliphatic rings. The van der Waals surface area contributed by atoms with Crippen LogP contribution in [0.25, 0.3) is 5.76 Å². The molecule has 1 atom stereocenters. The average Bonchev–Trinajstić information content (AvgIpc) is 3.05. The van der Waals surface area contributed by atoms with E-state index >= 15 is 0 Å². The van der Waals surface area contributed by atoms with Gasteiger partial charge < -0.3 is 19.5 Å². The number of Topliss-reactive ketones (excluding diaryl/α,β-unsaturated/α-hetero) is 1. The van der Waals surface area contributed by atoms with Crippen molar-refractivity contribution in [2.24, 2.45) is 0 Å². The van der Waals surface area contributed by atoms with Gasteiger partial charge >= 0.3 is 0 Å². The molecule has 0 radical (unpaired) electrons. The number of benzene rings is 2. The highest BCUT2D eigenvalue weighted by molar-refractivity contribution is 6.46. The Kier molecular flexibility index (Phi) is 8.22. The summed E-state index contributed by atoms with van der Waals surface area (Å²) in [4.78, 5) is 27.3. The molecule has 0 saturated carbocycles. The van der Waals surface area contributed by atoms with Crippen molar-refractivity contribution in [3.63, 3.8) is 0 Å². The van der Waals surface area contributed by atoms with Crippen LogP contribution < -0.4 is 4.74 Å². The van der Waals surface area contributed by atoms with E-state index in [1.807, 2.05) is 20.8 Å². The van der Waals surface area contributed by atoms with Crippen molar-refractivity contribution < 1.29 is 28.6 Å². The molecule has 1 aliphatic heterocycles. The van der Waals surface area contributed by atoms with Crippen LogP contribution in [0.4, 0.5) is 4.39 Å². The molecular formula is C26H30FNO5.